The van der Waals surface area contributed by atoms with Crippen molar-refractivity contribution >= 4 is 16.7 Å². The maximum absolute atomic E-state index is 13.4. The minimum absolute atomic E-state index is 0.0926. The van der Waals surface area contributed by atoms with Crippen molar-refractivity contribution in [1.29, 1.82) is 0 Å². The van der Waals surface area contributed by atoms with Crippen LogP contribution in [0.3, 0.4) is 0 Å². The summed E-state index contributed by atoms with van der Waals surface area (Å²) in [5.41, 5.74) is 10.8. The molecule has 1 aromatic carbocycles. The molecule has 0 radical (unpaired) electrons. The number of aryl methyl sites for hydroxylation is 1. The van der Waals surface area contributed by atoms with E-state index >= 15 is 0 Å². The molecule has 34 heavy (non-hydrogen) atoms. The third-order valence-electron chi connectivity index (χ3n) is 6.14. The normalized spacial score (nSPS) is 13.9. The Morgan fingerprint density at radius 2 is 2.09 bits per heavy atom. The molecular weight excluding hydrogens is 432 g/mol. The number of nitrogens with one attached hydrogen (secondary N) is 1. The van der Waals surface area contributed by atoms with E-state index in [2.05, 4.69) is 34.6 Å². The fourth-order valence-electron chi connectivity index (χ4n) is 4.42. The lowest BCUT2D eigenvalue weighted by atomic mass is 10.1. The Hall–Kier alpha value is -3.40. The topological polar surface area (TPSA) is 132 Å². The van der Waals surface area contributed by atoms with E-state index in [4.69, 9.17) is 21.4 Å². The standard InChI is InChI=1S/C25H32N6O3/c1-2-30-14-19(15-31(27)22(12-26)16-34-8-7-32)24(33)23-11-21(13-28-25(23)30)29-20-9-17-5-3-4-6-18(17)10-20/h3-6,11-14,20,29,32H,2,7-10,15-16,26-27H2,1H3/b22-12-. The maximum Gasteiger partial charge on any atom is 0.196 e. The number of aliphatic hydroxyl groups is 1. The van der Waals surface area contributed by atoms with Crippen LogP contribution in [0.25, 0.3) is 11.0 Å². The number of hydrazine groups is 1. The molecule has 180 valence electrons. The van der Waals surface area contributed by atoms with Crippen LogP contribution in [0.5, 0.6) is 0 Å². The van der Waals surface area contributed by atoms with E-state index in [1.54, 1.807) is 12.4 Å². The molecule has 9 nitrogen and oxygen atoms in total. The minimum Gasteiger partial charge on any atom is -0.403 e. The van der Waals surface area contributed by atoms with Gasteiger partial charge in [0, 0.05) is 30.5 Å². The fraction of sp³-hybridized carbons (Fsp3) is 0.360. The largest absolute Gasteiger partial charge is 0.403 e. The van der Waals surface area contributed by atoms with Gasteiger partial charge in [-0.25, -0.2) is 10.8 Å². The number of hydrogen-bond acceptors (Lipinski definition) is 8. The molecule has 1 aliphatic carbocycles. The molecule has 0 aliphatic heterocycles. The molecule has 0 saturated heterocycles. The SMILES string of the molecule is CCn1cc(CN(N)/C(=C\N)COCCO)c(=O)c2cc(NC3Cc4ccccc4C3)cnc21. The van der Waals surface area contributed by atoms with E-state index in [0.29, 0.717) is 28.8 Å². The number of ether oxygens (including phenoxy) is 1. The van der Waals surface area contributed by atoms with Crippen LogP contribution in [-0.2, 0) is 30.7 Å². The number of anilines is 1. The molecule has 0 saturated carbocycles. The number of pyridine rings is 2. The number of rotatable bonds is 10. The van der Waals surface area contributed by atoms with Gasteiger partial charge in [0.25, 0.3) is 0 Å². The summed E-state index contributed by atoms with van der Waals surface area (Å²) in [6.07, 6.45) is 6.82. The van der Waals surface area contributed by atoms with Gasteiger partial charge >= 0.3 is 0 Å². The van der Waals surface area contributed by atoms with Gasteiger partial charge in [-0.3, -0.25) is 4.79 Å². The van der Waals surface area contributed by atoms with Gasteiger partial charge in [-0.05, 0) is 37.0 Å². The van der Waals surface area contributed by atoms with E-state index in [0.717, 1.165) is 18.5 Å². The van der Waals surface area contributed by atoms with E-state index in [-0.39, 0.29) is 37.8 Å². The Bertz CT molecular complexity index is 1210. The van der Waals surface area contributed by atoms with Gasteiger partial charge in [0.15, 0.2) is 5.43 Å². The van der Waals surface area contributed by atoms with Crippen LogP contribution in [0.4, 0.5) is 5.69 Å². The number of aromatic nitrogens is 2. The van der Waals surface area contributed by atoms with Crippen LogP contribution in [0.1, 0.15) is 23.6 Å². The van der Waals surface area contributed by atoms with E-state index in [1.807, 2.05) is 17.6 Å². The quantitative estimate of drug-likeness (QED) is 0.202. The Morgan fingerprint density at radius 1 is 1.35 bits per heavy atom. The lowest BCUT2D eigenvalue weighted by molar-refractivity contribution is 0.0930. The molecule has 6 N–H and O–H groups in total. The average molecular weight is 465 g/mol. The first kappa shape index (κ1) is 23.7. The van der Waals surface area contributed by atoms with Crippen molar-refractivity contribution < 1.29 is 9.84 Å². The third kappa shape index (κ3) is 5.06. The Kier molecular flexibility index (Phi) is 7.46. The lowest BCUT2D eigenvalue weighted by Crippen LogP contribution is -2.35. The second kappa shape index (κ2) is 10.7. The maximum atomic E-state index is 13.4. The summed E-state index contributed by atoms with van der Waals surface area (Å²) >= 11 is 0. The Balaban J connectivity index is 1.58. The van der Waals surface area contributed by atoms with Gasteiger partial charge in [0.2, 0.25) is 0 Å². The predicted octanol–water partition coefficient (Wildman–Crippen LogP) is 1.48. The number of aliphatic hydroxyl groups excluding tert-OH is 1. The molecule has 2 heterocycles. The summed E-state index contributed by atoms with van der Waals surface area (Å²) in [7, 11) is 0. The molecule has 2 aromatic heterocycles. The zero-order valence-corrected chi connectivity index (χ0v) is 19.4. The lowest BCUT2D eigenvalue weighted by Gasteiger charge is -2.22. The van der Waals surface area contributed by atoms with Gasteiger partial charge in [-0.15, -0.1) is 0 Å². The van der Waals surface area contributed by atoms with Gasteiger partial charge in [-0.1, -0.05) is 24.3 Å². The summed E-state index contributed by atoms with van der Waals surface area (Å²) < 4.78 is 7.27. The van der Waals surface area contributed by atoms with Crippen LogP contribution in [0.2, 0.25) is 0 Å². The minimum atomic E-state index is -0.117. The van der Waals surface area contributed by atoms with Crippen molar-refractivity contribution in [2.45, 2.75) is 38.9 Å². The van der Waals surface area contributed by atoms with Gasteiger partial charge in [-0.2, -0.15) is 0 Å². The second-order valence-electron chi connectivity index (χ2n) is 8.44. The van der Waals surface area contributed by atoms with E-state index < -0.39 is 0 Å². The molecule has 0 fully saturated rings. The molecular formula is C25H32N6O3. The third-order valence-corrected chi connectivity index (χ3v) is 6.14. The number of fused-ring (bicyclic) bond motifs is 2. The Morgan fingerprint density at radius 3 is 2.74 bits per heavy atom. The molecule has 1 aliphatic rings. The Labute approximate surface area is 198 Å². The number of nitrogens with zero attached hydrogens (tertiary/aromatic N) is 3. The van der Waals surface area contributed by atoms with Crippen LogP contribution < -0.4 is 22.3 Å². The van der Waals surface area contributed by atoms with Crippen molar-refractivity contribution in [1.82, 2.24) is 14.6 Å². The van der Waals surface area contributed by atoms with Crippen molar-refractivity contribution in [3.8, 4) is 0 Å². The first-order chi connectivity index (χ1) is 16.5. The summed E-state index contributed by atoms with van der Waals surface area (Å²) in [5, 5.41) is 14.4. The predicted molar refractivity (Wildman–Crippen MR) is 133 cm³/mol. The highest BCUT2D eigenvalue weighted by atomic mass is 16.5. The molecule has 0 unspecified atom stereocenters. The number of benzene rings is 1. The zero-order chi connectivity index (χ0) is 24.1. The van der Waals surface area contributed by atoms with E-state index in [9.17, 15) is 4.79 Å². The van der Waals surface area contributed by atoms with Gasteiger partial charge in [0.05, 0.1) is 49.3 Å². The molecule has 0 spiro atoms. The van der Waals surface area contributed by atoms with Crippen molar-refractivity contribution in [3.63, 3.8) is 0 Å². The monoisotopic (exact) mass is 464 g/mol. The smallest absolute Gasteiger partial charge is 0.196 e. The van der Waals surface area contributed by atoms with Crippen molar-refractivity contribution in [2.24, 2.45) is 11.6 Å². The summed E-state index contributed by atoms with van der Waals surface area (Å²) in [4.78, 5) is 18.0. The molecule has 4 rings (SSSR count). The van der Waals surface area contributed by atoms with Gasteiger partial charge in [0.1, 0.15) is 5.65 Å². The van der Waals surface area contributed by atoms with Crippen LogP contribution >= 0.6 is 0 Å². The van der Waals surface area contributed by atoms with Crippen LogP contribution in [0.15, 0.2) is 59.4 Å². The molecule has 0 bridgehead atoms. The number of hydrogen-bond donors (Lipinski definition) is 4. The zero-order valence-electron chi connectivity index (χ0n) is 19.4. The van der Waals surface area contributed by atoms with Crippen LogP contribution in [0, 0.1) is 0 Å². The van der Waals surface area contributed by atoms with Gasteiger partial charge < -0.3 is 30.5 Å². The highest BCUT2D eigenvalue weighted by molar-refractivity contribution is 5.79. The molecule has 0 atom stereocenters. The molecule has 3 aromatic rings. The first-order valence-corrected chi connectivity index (χ1v) is 11.5. The second-order valence-corrected chi connectivity index (χ2v) is 8.44. The first-order valence-electron chi connectivity index (χ1n) is 11.5. The molecule has 0 amide bonds. The summed E-state index contributed by atoms with van der Waals surface area (Å²) in [6.45, 7) is 3.05. The molecule has 9 heteroatoms. The van der Waals surface area contributed by atoms with Crippen molar-refractivity contribution in [2.75, 3.05) is 25.1 Å². The van der Waals surface area contributed by atoms with E-state index in [1.165, 1.54) is 22.3 Å². The fourth-order valence-corrected chi connectivity index (χ4v) is 4.42. The highest BCUT2D eigenvalue weighted by Gasteiger charge is 2.21. The average Bonchev–Trinajstić information content (AvgIpc) is 3.26. The summed E-state index contributed by atoms with van der Waals surface area (Å²) in [5.74, 6) is 6.19. The highest BCUT2D eigenvalue weighted by Crippen LogP contribution is 2.25. The summed E-state index contributed by atoms with van der Waals surface area (Å²) in [6, 6.07) is 10.6. The van der Waals surface area contributed by atoms with Crippen molar-refractivity contribution in [3.05, 3.63) is 81.5 Å². The van der Waals surface area contributed by atoms with Crippen LogP contribution in [-0.4, -0.2) is 45.5 Å². The number of nitrogens with two attached hydrogens (primary N) is 2.